The number of nitrogen functional groups attached to an aromatic ring is 1. The molecule has 1 atom stereocenters. The Morgan fingerprint density at radius 3 is 2.74 bits per heavy atom. The number of piperazine rings is 1. The molecule has 0 amide bonds. The third-order valence-electron chi connectivity index (χ3n) is 3.22. The van der Waals surface area contributed by atoms with Gasteiger partial charge in [0.15, 0.2) is 0 Å². The van der Waals surface area contributed by atoms with Crippen molar-refractivity contribution in [2.45, 2.75) is 17.9 Å². The van der Waals surface area contributed by atoms with Gasteiger partial charge in [0.1, 0.15) is 10.7 Å². The minimum absolute atomic E-state index is 0.0833. The molecule has 106 valence electrons. The molecule has 1 saturated heterocycles. The number of hydrogen-bond donors (Lipinski definition) is 1. The Kier molecular flexibility index (Phi) is 4.00. The normalized spacial score (nSPS) is 22.6. The molecule has 1 aromatic heterocycles. The van der Waals surface area contributed by atoms with E-state index in [2.05, 4.69) is 9.88 Å². The Bertz CT molecular complexity index is 578. The average molecular weight is 305 g/mol. The smallest absolute Gasteiger partial charge is 0.244 e. The van der Waals surface area contributed by atoms with Gasteiger partial charge in [-0.1, -0.05) is 11.6 Å². The molecule has 0 saturated carbocycles. The van der Waals surface area contributed by atoms with Gasteiger partial charge in [0.25, 0.3) is 0 Å². The second-order valence-electron chi connectivity index (χ2n) is 4.77. The van der Waals surface area contributed by atoms with Crippen molar-refractivity contribution in [2.75, 3.05) is 32.4 Å². The van der Waals surface area contributed by atoms with E-state index in [1.54, 1.807) is 0 Å². The van der Waals surface area contributed by atoms with Crippen LogP contribution in [-0.4, -0.2) is 55.3 Å². The first-order valence-electron chi connectivity index (χ1n) is 5.94. The van der Waals surface area contributed by atoms with Crippen LogP contribution in [0.5, 0.6) is 0 Å². The molecule has 1 aliphatic heterocycles. The summed E-state index contributed by atoms with van der Waals surface area (Å²) in [5.74, 6) is 0.132. The van der Waals surface area contributed by atoms with Crippen LogP contribution in [0.15, 0.2) is 17.2 Å². The van der Waals surface area contributed by atoms with Crippen molar-refractivity contribution in [1.82, 2.24) is 14.2 Å². The number of pyridine rings is 1. The van der Waals surface area contributed by atoms with E-state index in [9.17, 15) is 8.42 Å². The van der Waals surface area contributed by atoms with Gasteiger partial charge in [0, 0.05) is 31.9 Å². The fraction of sp³-hybridized carbons (Fsp3) is 0.545. The van der Waals surface area contributed by atoms with E-state index >= 15 is 0 Å². The van der Waals surface area contributed by atoms with Crippen molar-refractivity contribution in [2.24, 2.45) is 0 Å². The van der Waals surface area contributed by atoms with Gasteiger partial charge < -0.3 is 10.6 Å². The number of anilines is 1. The predicted molar refractivity (Wildman–Crippen MR) is 74.5 cm³/mol. The Morgan fingerprint density at radius 1 is 1.47 bits per heavy atom. The van der Waals surface area contributed by atoms with E-state index in [0.717, 1.165) is 0 Å². The second-order valence-corrected chi connectivity index (χ2v) is 7.06. The molecule has 0 aliphatic carbocycles. The summed E-state index contributed by atoms with van der Waals surface area (Å²) in [7, 11) is -1.60. The molecule has 1 aromatic rings. The van der Waals surface area contributed by atoms with Crippen LogP contribution >= 0.6 is 11.6 Å². The van der Waals surface area contributed by atoms with Gasteiger partial charge >= 0.3 is 0 Å². The molecular weight excluding hydrogens is 288 g/mol. The zero-order valence-corrected chi connectivity index (χ0v) is 12.4. The van der Waals surface area contributed by atoms with Crippen LogP contribution in [0.25, 0.3) is 0 Å². The average Bonchev–Trinajstić information content (AvgIpc) is 2.32. The lowest BCUT2D eigenvalue weighted by Gasteiger charge is -2.37. The Labute approximate surface area is 118 Å². The zero-order valence-electron chi connectivity index (χ0n) is 10.9. The number of sulfonamides is 1. The monoisotopic (exact) mass is 304 g/mol. The Hall–Kier alpha value is -0.890. The minimum atomic E-state index is -3.57. The number of nitrogens with zero attached hydrogens (tertiary/aromatic N) is 3. The van der Waals surface area contributed by atoms with Crippen LogP contribution in [0.4, 0.5) is 5.82 Å². The fourth-order valence-corrected chi connectivity index (χ4v) is 4.00. The van der Waals surface area contributed by atoms with E-state index in [1.165, 1.54) is 16.6 Å². The first-order chi connectivity index (χ1) is 8.82. The highest BCUT2D eigenvalue weighted by Crippen LogP contribution is 2.24. The van der Waals surface area contributed by atoms with Crippen molar-refractivity contribution in [3.63, 3.8) is 0 Å². The molecular formula is C11H17ClN4O2S. The van der Waals surface area contributed by atoms with Crippen LogP contribution in [-0.2, 0) is 10.0 Å². The minimum Gasteiger partial charge on any atom is -0.382 e. The molecule has 0 bridgehead atoms. The first-order valence-corrected chi connectivity index (χ1v) is 7.75. The SMILES string of the molecule is CC1CN(C)CCN1S(=O)(=O)c1cnc(N)c(Cl)c1. The largest absolute Gasteiger partial charge is 0.382 e. The summed E-state index contributed by atoms with van der Waals surface area (Å²) < 4.78 is 26.6. The number of likely N-dealkylation sites (N-methyl/N-ethyl adjacent to an activating group) is 1. The molecule has 1 fully saturated rings. The third kappa shape index (κ3) is 2.84. The number of rotatable bonds is 2. The highest BCUT2D eigenvalue weighted by Gasteiger charge is 2.33. The molecule has 0 aromatic carbocycles. The summed E-state index contributed by atoms with van der Waals surface area (Å²) in [6.07, 6.45) is 1.25. The maximum absolute atomic E-state index is 12.5. The molecule has 6 nitrogen and oxygen atoms in total. The third-order valence-corrected chi connectivity index (χ3v) is 5.50. The molecule has 19 heavy (non-hydrogen) atoms. The van der Waals surface area contributed by atoms with Crippen molar-refractivity contribution < 1.29 is 8.42 Å². The van der Waals surface area contributed by atoms with E-state index in [-0.39, 0.29) is 21.8 Å². The second kappa shape index (κ2) is 5.24. The zero-order chi connectivity index (χ0) is 14.2. The number of hydrogen-bond acceptors (Lipinski definition) is 5. The summed E-state index contributed by atoms with van der Waals surface area (Å²) in [6, 6.07) is 1.27. The summed E-state index contributed by atoms with van der Waals surface area (Å²) >= 11 is 5.84. The Balaban J connectivity index is 2.34. The standard InChI is InChI=1S/C11H17ClN4O2S/c1-8-7-15(2)3-4-16(8)19(17,18)9-5-10(12)11(13)14-6-9/h5-6,8H,3-4,7H2,1-2H3,(H2,13,14). The molecule has 1 aliphatic rings. The lowest BCUT2D eigenvalue weighted by atomic mass is 10.2. The van der Waals surface area contributed by atoms with E-state index in [0.29, 0.717) is 19.6 Å². The van der Waals surface area contributed by atoms with E-state index < -0.39 is 10.0 Å². The van der Waals surface area contributed by atoms with Crippen LogP contribution in [0.2, 0.25) is 5.02 Å². The summed E-state index contributed by atoms with van der Waals surface area (Å²) in [6.45, 7) is 3.76. The molecule has 8 heteroatoms. The molecule has 2 N–H and O–H groups in total. The summed E-state index contributed by atoms with van der Waals surface area (Å²) in [4.78, 5) is 6.00. The van der Waals surface area contributed by atoms with Crippen molar-refractivity contribution >= 4 is 27.4 Å². The highest BCUT2D eigenvalue weighted by atomic mass is 35.5. The maximum atomic E-state index is 12.5. The lowest BCUT2D eigenvalue weighted by Crippen LogP contribution is -2.52. The van der Waals surface area contributed by atoms with Gasteiger partial charge in [-0.05, 0) is 20.0 Å². The predicted octanol–water partition coefficient (Wildman–Crippen LogP) is 0.642. The summed E-state index contributed by atoms with van der Waals surface area (Å²) in [5, 5.41) is 0.155. The van der Waals surface area contributed by atoms with Gasteiger partial charge in [-0.2, -0.15) is 4.31 Å². The van der Waals surface area contributed by atoms with Crippen LogP contribution < -0.4 is 5.73 Å². The van der Waals surface area contributed by atoms with Gasteiger partial charge in [-0.25, -0.2) is 13.4 Å². The quantitative estimate of drug-likeness (QED) is 0.867. The fourth-order valence-electron chi connectivity index (χ4n) is 2.19. The number of halogens is 1. The first kappa shape index (κ1) is 14.5. The van der Waals surface area contributed by atoms with Gasteiger partial charge in [-0.3, -0.25) is 0 Å². The lowest BCUT2D eigenvalue weighted by molar-refractivity contribution is 0.170. The molecule has 1 unspecified atom stereocenters. The summed E-state index contributed by atoms with van der Waals surface area (Å²) in [5.41, 5.74) is 5.50. The maximum Gasteiger partial charge on any atom is 0.244 e. The van der Waals surface area contributed by atoms with Crippen molar-refractivity contribution in [3.05, 3.63) is 17.3 Å². The van der Waals surface area contributed by atoms with Crippen molar-refractivity contribution in [1.29, 1.82) is 0 Å². The molecule has 0 radical (unpaired) electrons. The van der Waals surface area contributed by atoms with Gasteiger partial charge in [0.05, 0.1) is 5.02 Å². The van der Waals surface area contributed by atoms with E-state index in [4.69, 9.17) is 17.3 Å². The highest BCUT2D eigenvalue weighted by molar-refractivity contribution is 7.89. The van der Waals surface area contributed by atoms with Crippen LogP contribution in [0.1, 0.15) is 6.92 Å². The molecule has 2 heterocycles. The van der Waals surface area contributed by atoms with Crippen LogP contribution in [0, 0.1) is 0 Å². The van der Waals surface area contributed by atoms with Gasteiger partial charge in [-0.15, -0.1) is 0 Å². The van der Waals surface area contributed by atoms with E-state index in [1.807, 2.05) is 14.0 Å². The molecule has 0 spiro atoms. The van der Waals surface area contributed by atoms with Gasteiger partial charge in [0.2, 0.25) is 10.0 Å². The Morgan fingerprint density at radius 2 is 2.16 bits per heavy atom. The number of nitrogens with two attached hydrogens (primary N) is 1. The molecule has 2 rings (SSSR count). The number of aromatic nitrogens is 1. The van der Waals surface area contributed by atoms with Crippen molar-refractivity contribution in [3.8, 4) is 0 Å². The topological polar surface area (TPSA) is 79.5 Å². The van der Waals surface area contributed by atoms with Crippen LogP contribution in [0.3, 0.4) is 0 Å².